The van der Waals surface area contributed by atoms with Crippen LogP contribution in [0.15, 0.2) is 52.9 Å². The minimum Gasteiger partial charge on any atom is -0.457 e. The first kappa shape index (κ1) is 18.5. The molecule has 4 rings (SSSR count). The minimum atomic E-state index is -0.499. The van der Waals surface area contributed by atoms with E-state index in [4.69, 9.17) is 16.0 Å². The topological polar surface area (TPSA) is 109 Å². The van der Waals surface area contributed by atoms with E-state index in [2.05, 4.69) is 16.0 Å². The zero-order valence-electron chi connectivity index (χ0n) is 15.1. The molecule has 2 heterocycles. The van der Waals surface area contributed by atoms with Crippen LogP contribution >= 0.6 is 11.6 Å². The number of allylic oxidation sites excluding steroid dienone is 1. The highest BCUT2D eigenvalue weighted by Crippen LogP contribution is 2.33. The lowest BCUT2D eigenvalue weighted by molar-refractivity contribution is -0.384. The van der Waals surface area contributed by atoms with Crippen molar-refractivity contribution in [1.29, 1.82) is 5.26 Å². The molecule has 8 heteroatoms. The molecule has 0 unspecified atom stereocenters. The molecule has 0 aliphatic heterocycles. The molecular formula is C21H13ClN4O3. The molecule has 0 fully saturated rings. The summed E-state index contributed by atoms with van der Waals surface area (Å²) in [6.45, 7) is 1.98. The third kappa shape index (κ3) is 3.61. The van der Waals surface area contributed by atoms with Crippen LogP contribution in [0.4, 0.5) is 5.69 Å². The van der Waals surface area contributed by atoms with E-state index in [9.17, 15) is 15.4 Å². The number of furan rings is 1. The number of aryl methyl sites for hydroxylation is 1. The van der Waals surface area contributed by atoms with Gasteiger partial charge in [-0.15, -0.1) is 0 Å². The fourth-order valence-electron chi connectivity index (χ4n) is 2.94. The summed E-state index contributed by atoms with van der Waals surface area (Å²) < 4.78 is 5.76. The molecule has 2 aromatic carbocycles. The number of halogens is 1. The molecule has 29 heavy (non-hydrogen) atoms. The number of aromatic amines is 1. The van der Waals surface area contributed by atoms with E-state index in [0.29, 0.717) is 33.5 Å². The molecule has 7 nitrogen and oxygen atoms in total. The molecule has 0 bridgehead atoms. The summed E-state index contributed by atoms with van der Waals surface area (Å²) in [4.78, 5) is 18.1. The zero-order chi connectivity index (χ0) is 20.5. The molecule has 0 aliphatic rings. The summed E-state index contributed by atoms with van der Waals surface area (Å²) >= 11 is 6.17. The Morgan fingerprint density at radius 3 is 2.86 bits per heavy atom. The van der Waals surface area contributed by atoms with Gasteiger partial charge in [0, 0.05) is 23.8 Å². The Kier molecular flexibility index (Phi) is 4.63. The van der Waals surface area contributed by atoms with Gasteiger partial charge in [0.05, 0.1) is 26.6 Å². The van der Waals surface area contributed by atoms with Crippen molar-refractivity contribution < 1.29 is 9.34 Å². The van der Waals surface area contributed by atoms with Gasteiger partial charge in [-0.2, -0.15) is 5.26 Å². The minimum absolute atomic E-state index is 0.0897. The Morgan fingerprint density at radius 1 is 1.28 bits per heavy atom. The molecule has 1 N–H and O–H groups in total. The standard InChI is InChI=1S/C21H13ClN4O3/c1-12-2-6-18-19(8-12)25-21(24-18)13(11-23)9-15-4-7-20(29-15)16-10-14(26(27)28)3-5-17(16)22/h2-10H,1H3,(H,24,25)/b13-9-. The number of nitrogens with zero attached hydrogens (tertiary/aromatic N) is 3. The van der Waals surface area contributed by atoms with E-state index < -0.39 is 4.92 Å². The summed E-state index contributed by atoms with van der Waals surface area (Å²) in [6, 6.07) is 15.3. The number of nitrogens with one attached hydrogen (secondary N) is 1. The summed E-state index contributed by atoms with van der Waals surface area (Å²) in [5.74, 6) is 1.19. The number of nitro benzene ring substituents is 1. The number of benzene rings is 2. The Bertz CT molecular complexity index is 1330. The molecule has 0 spiro atoms. The highest BCUT2D eigenvalue weighted by Gasteiger charge is 2.15. The van der Waals surface area contributed by atoms with Crippen LogP contribution < -0.4 is 0 Å². The number of H-pyrrole nitrogens is 1. The van der Waals surface area contributed by atoms with Crippen molar-refractivity contribution >= 4 is 40.0 Å². The van der Waals surface area contributed by atoms with Crippen LogP contribution in [0.1, 0.15) is 17.1 Å². The summed E-state index contributed by atoms with van der Waals surface area (Å²) in [5, 5.41) is 20.9. The third-order valence-corrected chi connectivity index (χ3v) is 4.68. The van der Waals surface area contributed by atoms with Gasteiger partial charge in [0.25, 0.3) is 5.69 Å². The fourth-order valence-corrected chi connectivity index (χ4v) is 3.15. The third-order valence-electron chi connectivity index (χ3n) is 4.35. The van der Waals surface area contributed by atoms with Crippen molar-refractivity contribution in [3.05, 3.63) is 80.8 Å². The zero-order valence-corrected chi connectivity index (χ0v) is 15.9. The lowest BCUT2D eigenvalue weighted by atomic mass is 10.1. The highest BCUT2D eigenvalue weighted by molar-refractivity contribution is 6.33. The predicted octanol–water partition coefficient (Wildman–Crippen LogP) is 5.76. The number of hydrogen-bond acceptors (Lipinski definition) is 5. The van der Waals surface area contributed by atoms with Gasteiger partial charge in [-0.05, 0) is 42.8 Å². The van der Waals surface area contributed by atoms with Crippen molar-refractivity contribution in [3.8, 4) is 17.4 Å². The molecule has 4 aromatic rings. The first-order chi connectivity index (χ1) is 13.9. The fraction of sp³-hybridized carbons (Fsp3) is 0.0476. The summed E-state index contributed by atoms with van der Waals surface area (Å²) in [5.41, 5.74) is 3.29. The van der Waals surface area contributed by atoms with E-state index in [-0.39, 0.29) is 5.69 Å². The number of rotatable bonds is 4. The molecule has 0 saturated heterocycles. The van der Waals surface area contributed by atoms with Gasteiger partial charge in [0.2, 0.25) is 0 Å². The largest absolute Gasteiger partial charge is 0.457 e. The van der Waals surface area contributed by atoms with Gasteiger partial charge < -0.3 is 9.40 Å². The number of nitriles is 1. The van der Waals surface area contributed by atoms with Crippen molar-refractivity contribution in [1.82, 2.24) is 9.97 Å². The van der Waals surface area contributed by atoms with E-state index in [1.807, 2.05) is 25.1 Å². The van der Waals surface area contributed by atoms with E-state index in [1.165, 1.54) is 18.2 Å². The Balaban J connectivity index is 1.71. The van der Waals surface area contributed by atoms with Gasteiger partial charge in [-0.25, -0.2) is 4.98 Å². The maximum absolute atomic E-state index is 11.0. The predicted molar refractivity (Wildman–Crippen MR) is 110 cm³/mol. The van der Waals surface area contributed by atoms with Gasteiger partial charge in [-0.3, -0.25) is 10.1 Å². The van der Waals surface area contributed by atoms with Crippen molar-refractivity contribution in [3.63, 3.8) is 0 Å². The maximum atomic E-state index is 11.0. The molecule has 0 radical (unpaired) electrons. The van der Waals surface area contributed by atoms with Crippen LogP contribution in [0.25, 0.3) is 34.0 Å². The SMILES string of the molecule is Cc1ccc2nc(/C(C#N)=C\c3ccc(-c4cc([N+](=O)[O-])ccc4Cl)o3)[nH]c2c1. The summed E-state index contributed by atoms with van der Waals surface area (Å²) in [6.07, 6.45) is 1.55. The normalized spacial score (nSPS) is 11.6. The molecule has 2 aromatic heterocycles. The summed E-state index contributed by atoms with van der Waals surface area (Å²) in [7, 11) is 0. The van der Waals surface area contributed by atoms with Crippen LogP contribution in [0.5, 0.6) is 0 Å². The number of fused-ring (bicyclic) bond motifs is 1. The second-order valence-electron chi connectivity index (χ2n) is 6.40. The number of hydrogen-bond donors (Lipinski definition) is 1. The Hall–Kier alpha value is -3.89. The Labute approximate surface area is 170 Å². The van der Waals surface area contributed by atoms with Gasteiger partial charge in [0.15, 0.2) is 0 Å². The second-order valence-corrected chi connectivity index (χ2v) is 6.81. The van der Waals surface area contributed by atoms with Crippen LogP contribution in [0, 0.1) is 28.4 Å². The second kappa shape index (κ2) is 7.26. The first-order valence-electron chi connectivity index (χ1n) is 8.57. The van der Waals surface area contributed by atoms with Crippen LogP contribution in [-0.2, 0) is 0 Å². The van der Waals surface area contributed by atoms with Crippen LogP contribution in [0.3, 0.4) is 0 Å². The van der Waals surface area contributed by atoms with E-state index in [1.54, 1.807) is 18.2 Å². The van der Waals surface area contributed by atoms with Crippen LogP contribution in [-0.4, -0.2) is 14.9 Å². The lowest BCUT2D eigenvalue weighted by Gasteiger charge is -2.00. The van der Waals surface area contributed by atoms with Crippen LogP contribution in [0.2, 0.25) is 5.02 Å². The maximum Gasteiger partial charge on any atom is 0.270 e. The highest BCUT2D eigenvalue weighted by atomic mass is 35.5. The number of aromatic nitrogens is 2. The molecule has 0 atom stereocenters. The van der Waals surface area contributed by atoms with Gasteiger partial charge >= 0.3 is 0 Å². The molecule has 0 saturated carbocycles. The van der Waals surface area contributed by atoms with E-state index in [0.717, 1.165) is 16.6 Å². The van der Waals surface area contributed by atoms with Crippen molar-refractivity contribution in [2.75, 3.05) is 0 Å². The quantitative estimate of drug-likeness (QED) is 0.264. The molecule has 142 valence electrons. The average Bonchev–Trinajstić information content (AvgIpc) is 3.32. The number of non-ortho nitro benzene ring substituents is 1. The smallest absolute Gasteiger partial charge is 0.270 e. The monoisotopic (exact) mass is 404 g/mol. The lowest BCUT2D eigenvalue weighted by Crippen LogP contribution is -1.88. The van der Waals surface area contributed by atoms with Crippen molar-refractivity contribution in [2.24, 2.45) is 0 Å². The molecule has 0 aliphatic carbocycles. The first-order valence-corrected chi connectivity index (χ1v) is 8.95. The Morgan fingerprint density at radius 2 is 2.10 bits per heavy atom. The van der Waals surface area contributed by atoms with E-state index >= 15 is 0 Å². The number of imidazole rings is 1. The average molecular weight is 405 g/mol. The number of nitro groups is 1. The molecule has 0 amide bonds. The van der Waals surface area contributed by atoms with Gasteiger partial charge in [-0.1, -0.05) is 17.7 Å². The molecular weight excluding hydrogens is 392 g/mol. The van der Waals surface area contributed by atoms with Crippen molar-refractivity contribution in [2.45, 2.75) is 6.92 Å². The van der Waals surface area contributed by atoms with Gasteiger partial charge in [0.1, 0.15) is 23.4 Å².